The molecule has 3 nitrogen and oxygen atoms in total. The molecule has 0 spiro atoms. The smallest absolute Gasteiger partial charge is 0.422 e. The van der Waals surface area contributed by atoms with E-state index in [1.165, 1.54) is 6.07 Å². The first kappa shape index (κ1) is 15.8. The lowest BCUT2D eigenvalue weighted by Gasteiger charge is -2.17. The van der Waals surface area contributed by atoms with Crippen LogP contribution in [-0.2, 0) is 0 Å². The van der Waals surface area contributed by atoms with Crippen molar-refractivity contribution in [1.82, 2.24) is 0 Å². The van der Waals surface area contributed by atoms with Crippen molar-refractivity contribution in [3.8, 4) is 5.75 Å². The molecule has 1 atom stereocenters. The van der Waals surface area contributed by atoms with E-state index in [1.807, 2.05) is 6.92 Å². The zero-order valence-electron chi connectivity index (χ0n) is 11.1. The van der Waals surface area contributed by atoms with Crippen LogP contribution < -0.4 is 10.1 Å². The van der Waals surface area contributed by atoms with Gasteiger partial charge >= 0.3 is 6.18 Å². The first-order valence-corrected chi connectivity index (χ1v) is 6.95. The van der Waals surface area contributed by atoms with Crippen LogP contribution in [0.25, 0.3) is 0 Å². The SMILES string of the molecule is CC(Nc1ccccc1OCC(F)(F)F)c1ccc(Br)o1. The molecule has 2 rings (SSSR count). The maximum atomic E-state index is 12.2. The molecular weight excluding hydrogens is 351 g/mol. The molecule has 0 saturated carbocycles. The van der Waals surface area contributed by atoms with Crippen molar-refractivity contribution in [3.05, 3.63) is 46.8 Å². The zero-order valence-corrected chi connectivity index (χ0v) is 12.7. The van der Waals surface area contributed by atoms with Gasteiger partial charge < -0.3 is 14.5 Å². The molecule has 7 heteroatoms. The number of anilines is 1. The lowest BCUT2D eigenvalue weighted by molar-refractivity contribution is -0.153. The third-order valence-corrected chi connectivity index (χ3v) is 3.10. The molecule has 1 unspecified atom stereocenters. The summed E-state index contributed by atoms with van der Waals surface area (Å²) in [6.07, 6.45) is -4.37. The van der Waals surface area contributed by atoms with E-state index in [4.69, 9.17) is 9.15 Å². The number of ether oxygens (including phenoxy) is 1. The number of halogens is 4. The fraction of sp³-hybridized carbons (Fsp3) is 0.286. The average molecular weight is 364 g/mol. The monoisotopic (exact) mass is 363 g/mol. The van der Waals surface area contributed by atoms with E-state index in [1.54, 1.807) is 30.3 Å². The molecule has 0 fully saturated rings. The molecule has 1 aromatic heterocycles. The summed E-state index contributed by atoms with van der Waals surface area (Å²) in [4.78, 5) is 0. The summed E-state index contributed by atoms with van der Waals surface area (Å²) in [5.41, 5.74) is 0.474. The number of hydrogen-bond acceptors (Lipinski definition) is 3. The highest BCUT2D eigenvalue weighted by molar-refractivity contribution is 9.10. The minimum Gasteiger partial charge on any atom is -0.482 e. The number of para-hydroxylation sites is 2. The number of alkyl halides is 3. The van der Waals surface area contributed by atoms with Gasteiger partial charge in [-0.1, -0.05) is 12.1 Å². The van der Waals surface area contributed by atoms with Gasteiger partial charge in [-0.25, -0.2) is 0 Å². The number of benzene rings is 1. The van der Waals surface area contributed by atoms with Crippen LogP contribution in [0.1, 0.15) is 18.7 Å². The molecule has 1 aromatic carbocycles. The summed E-state index contributed by atoms with van der Waals surface area (Å²) in [5, 5.41) is 3.07. The Labute approximate surface area is 128 Å². The maximum Gasteiger partial charge on any atom is 0.422 e. The van der Waals surface area contributed by atoms with Gasteiger partial charge in [-0.15, -0.1) is 0 Å². The second-order valence-corrected chi connectivity index (χ2v) is 5.19. The highest BCUT2D eigenvalue weighted by Crippen LogP contribution is 2.30. The standard InChI is InChI=1S/C14H13BrF3NO2/c1-9(11-6-7-13(15)21-11)19-10-4-2-3-5-12(10)20-8-14(16,17)18/h2-7,9,19H,8H2,1H3. The zero-order chi connectivity index (χ0) is 15.5. The van der Waals surface area contributed by atoms with Crippen molar-refractivity contribution < 1.29 is 22.3 Å². The predicted molar refractivity (Wildman–Crippen MR) is 76.4 cm³/mol. The molecule has 0 saturated heterocycles. The molecule has 21 heavy (non-hydrogen) atoms. The van der Waals surface area contributed by atoms with Gasteiger partial charge in [-0.3, -0.25) is 0 Å². The Hall–Kier alpha value is -1.63. The number of furan rings is 1. The fourth-order valence-corrected chi connectivity index (χ4v) is 2.06. The molecule has 0 aliphatic carbocycles. The molecule has 0 radical (unpaired) electrons. The van der Waals surface area contributed by atoms with E-state index in [2.05, 4.69) is 21.2 Å². The highest BCUT2D eigenvalue weighted by atomic mass is 79.9. The molecule has 2 aromatic rings. The third-order valence-electron chi connectivity index (χ3n) is 2.67. The molecular formula is C14H13BrF3NO2. The van der Waals surface area contributed by atoms with Gasteiger partial charge in [0.1, 0.15) is 11.5 Å². The van der Waals surface area contributed by atoms with Crippen molar-refractivity contribution in [3.63, 3.8) is 0 Å². The van der Waals surface area contributed by atoms with Gasteiger partial charge in [0, 0.05) is 0 Å². The number of nitrogens with one attached hydrogen (secondary N) is 1. The van der Waals surface area contributed by atoms with Crippen LogP contribution in [0.5, 0.6) is 5.75 Å². The van der Waals surface area contributed by atoms with Crippen LogP contribution in [0.4, 0.5) is 18.9 Å². The van der Waals surface area contributed by atoms with Gasteiger partial charge in [0.25, 0.3) is 0 Å². The van der Waals surface area contributed by atoms with Crippen LogP contribution >= 0.6 is 15.9 Å². The Morgan fingerprint density at radius 3 is 2.57 bits per heavy atom. The molecule has 0 amide bonds. The Balaban J connectivity index is 2.09. The van der Waals surface area contributed by atoms with Crippen molar-refractivity contribution in [2.24, 2.45) is 0 Å². The predicted octanol–water partition coefficient (Wildman–Crippen LogP) is 5.16. The second-order valence-electron chi connectivity index (χ2n) is 4.41. The highest BCUT2D eigenvalue weighted by Gasteiger charge is 2.28. The Morgan fingerprint density at radius 2 is 1.95 bits per heavy atom. The van der Waals surface area contributed by atoms with E-state index in [-0.39, 0.29) is 11.8 Å². The van der Waals surface area contributed by atoms with Crippen molar-refractivity contribution in [1.29, 1.82) is 0 Å². The first-order valence-electron chi connectivity index (χ1n) is 6.15. The van der Waals surface area contributed by atoms with Crippen LogP contribution in [-0.4, -0.2) is 12.8 Å². The summed E-state index contributed by atoms with van der Waals surface area (Å²) in [5.74, 6) is 0.805. The van der Waals surface area contributed by atoms with Crippen LogP contribution in [0.3, 0.4) is 0 Å². The quantitative estimate of drug-likeness (QED) is 0.796. The average Bonchev–Trinajstić information content (AvgIpc) is 2.83. The molecule has 114 valence electrons. The van der Waals surface area contributed by atoms with Gasteiger partial charge in [-0.2, -0.15) is 13.2 Å². The minimum atomic E-state index is -4.37. The summed E-state index contributed by atoms with van der Waals surface area (Å²) < 4.78 is 47.5. The lowest BCUT2D eigenvalue weighted by Crippen LogP contribution is -2.20. The summed E-state index contributed by atoms with van der Waals surface area (Å²) in [6, 6.07) is 9.78. The minimum absolute atomic E-state index is 0.146. The second kappa shape index (κ2) is 6.43. The van der Waals surface area contributed by atoms with E-state index >= 15 is 0 Å². The summed E-state index contributed by atoms with van der Waals surface area (Å²) >= 11 is 3.20. The van der Waals surface area contributed by atoms with Gasteiger partial charge in [-0.05, 0) is 47.1 Å². The molecule has 0 aliphatic rings. The molecule has 1 heterocycles. The van der Waals surface area contributed by atoms with E-state index in [0.29, 0.717) is 16.1 Å². The van der Waals surface area contributed by atoms with E-state index < -0.39 is 12.8 Å². The summed E-state index contributed by atoms with van der Waals surface area (Å²) in [6.45, 7) is 0.512. The third kappa shape index (κ3) is 4.70. The maximum absolute atomic E-state index is 12.2. The molecule has 1 N–H and O–H groups in total. The first-order chi connectivity index (χ1) is 9.85. The van der Waals surface area contributed by atoms with Gasteiger partial charge in [0.2, 0.25) is 0 Å². The number of rotatable bonds is 5. The molecule has 0 aliphatic heterocycles. The number of hydrogen-bond donors (Lipinski definition) is 1. The van der Waals surface area contributed by atoms with Crippen LogP contribution in [0.15, 0.2) is 45.5 Å². The molecule has 0 bridgehead atoms. The van der Waals surface area contributed by atoms with E-state index in [0.717, 1.165) is 0 Å². The topological polar surface area (TPSA) is 34.4 Å². The van der Waals surface area contributed by atoms with Crippen LogP contribution in [0, 0.1) is 0 Å². The largest absolute Gasteiger partial charge is 0.482 e. The van der Waals surface area contributed by atoms with Gasteiger partial charge in [0.15, 0.2) is 11.3 Å². The fourth-order valence-electron chi connectivity index (χ4n) is 1.74. The van der Waals surface area contributed by atoms with Crippen molar-refractivity contribution in [2.45, 2.75) is 19.1 Å². The Kier molecular flexibility index (Phi) is 4.82. The van der Waals surface area contributed by atoms with Crippen molar-refractivity contribution >= 4 is 21.6 Å². The summed E-state index contributed by atoms with van der Waals surface area (Å²) in [7, 11) is 0. The van der Waals surface area contributed by atoms with Crippen LogP contribution in [0.2, 0.25) is 0 Å². The van der Waals surface area contributed by atoms with Gasteiger partial charge in [0.05, 0.1) is 11.7 Å². The lowest BCUT2D eigenvalue weighted by atomic mass is 10.2. The normalized spacial score (nSPS) is 13.0. The Bertz CT molecular complexity index is 598. The van der Waals surface area contributed by atoms with E-state index in [9.17, 15) is 13.2 Å². The Morgan fingerprint density at radius 1 is 1.24 bits per heavy atom. The van der Waals surface area contributed by atoms with Crippen molar-refractivity contribution in [2.75, 3.05) is 11.9 Å².